The molecule has 90 valence electrons. The summed E-state index contributed by atoms with van der Waals surface area (Å²) in [6.07, 6.45) is 1.81. The Labute approximate surface area is 97.9 Å². The van der Waals surface area contributed by atoms with Gasteiger partial charge in [-0.25, -0.2) is 4.39 Å². The molecule has 0 radical (unpaired) electrons. The van der Waals surface area contributed by atoms with E-state index in [1.165, 1.54) is 5.56 Å². The number of halogens is 1. The van der Waals surface area contributed by atoms with Gasteiger partial charge in [-0.2, -0.15) is 0 Å². The van der Waals surface area contributed by atoms with Crippen LogP contribution in [-0.2, 0) is 6.42 Å². The summed E-state index contributed by atoms with van der Waals surface area (Å²) >= 11 is 0. The molecule has 1 rings (SSSR count). The lowest BCUT2D eigenvalue weighted by atomic mass is 9.89. The highest BCUT2D eigenvalue weighted by Crippen LogP contribution is 2.25. The first kappa shape index (κ1) is 13.2. The lowest BCUT2D eigenvalue weighted by Gasteiger charge is -2.24. The Hall–Kier alpha value is -0.890. The van der Waals surface area contributed by atoms with Crippen molar-refractivity contribution in [2.45, 2.75) is 45.7 Å². The largest absolute Gasteiger partial charge is 0.328 e. The third kappa shape index (κ3) is 3.31. The standard InChI is InChI=1S/C14H22FN/c1-4-7-14(15,10-16)9-13-8-11(2)5-6-12(13)3/h5-6,8H,4,7,9-10,16H2,1-3H3. The molecule has 0 aliphatic rings. The molecule has 1 nitrogen and oxygen atoms in total. The second kappa shape index (κ2) is 5.44. The molecule has 1 aromatic carbocycles. The Morgan fingerprint density at radius 2 is 2.00 bits per heavy atom. The van der Waals surface area contributed by atoms with Crippen molar-refractivity contribution in [1.82, 2.24) is 0 Å². The van der Waals surface area contributed by atoms with Crippen molar-refractivity contribution in [2.75, 3.05) is 6.54 Å². The number of aryl methyl sites for hydroxylation is 2. The molecule has 1 unspecified atom stereocenters. The highest BCUT2D eigenvalue weighted by molar-refractivity contribution is 5.31. The van der Waals surface area contributed by atoms with Gasteiger partial charge in [0.15, 0.2) is 0 Å². The van der Waals surface area contributed by atoms with Crippen molar-refractivity contribution >= 4 is 0 Å². The predicted molar refractivity (Wildman–Crippen MR) is 67.4 cm³/mol. The van der Waals surface area contributed by atoms with Crippen LogP contribution >= 0.6 is 0 Å². The number of rotatable bonds is 5. The summed E-state index contributed by atoms with van der Waals surface area (Å²) in [5.41, 5.74) is 7.72. The molecular weight excluding hydrogens is 201 g/mol. The van der Waals surface area contributed by atoms with Crippen molar-refractivity contribution in [3.63, 3.8) is 0 Å². The van der Waals surface area contributed by atoms with Crippen LogP contribution in [0.1, 0.15) is 36.5 Å². The molecular formula is C14H22FN. The van der Waals surface area contributed by atoms with E-state index in [2.05, 4.69) is 12.1 Å². The maximum Gasteiger partial charge on any atom is 0.127 e. The SMILES string of the molecule is CCCC(F)(CN)Cc1cc(C)ccc1C. The minimum absolute atomic E-state index is 0.105. The molecule has 0 spiro atoms. The highest BCUT2D eigenvalue weighted by Gasteiger charge is 2.27. The van der Waals surface area contributed by atoms with Gasteiger partial charge in [0.25, 0.3) is 0 Å². The van der Waals surface area contributed by atoms with Gasteiger partial charge in [0, 0.05) is 13.0 Å². The summed E-state index contributed by atoms with van der Waals surface area (Å²) in [7, 11) is 0. The van der Waals surface area contributed by atoms with E-state index >= 15 is 0 Å². The summed E-state index contributed by atoms with van der Waals surface area (Å²) in [4.78, 5) is 0. The molecule has 0 aliphatic heterocycles. The number of nitrogens with two attached hydrogens (primary N) is 1. The smallest absolute Gasteiger partial charge is 0.127 e. The molecule has 0 aliphatic carbocycles. The minimum atomic E-state index is -1.24. The maximum atomic E-state index is 14.4. The van der Waals surface area contributed by atoms with E-state index in [4.69, 9.17) is 5.73 Å². The Kier molecular flexibility index (Phi) is 4.48. The van der Waals surface area contributed by atoms with E-state index in [1.54, 1.807) is 0 Å². The van der Waals surface area contributed by atoms with Crippen molar-refractivity contribution in [1.29, 1.82) is 0 Å². The zero-order valence-electron chi connectivity index (χ0n) is 10.5. The van der Waals surface area contributed by atoms with E-state index in [1.807, 2.05) is 26.8 Å². The average molecular weight is 223 g/mol. The molecule has 1 aromatic rings. The number of alkyl halides is 1. The van der Waals surface area contributed by atoms with Crippen LogP contribution < -0.4 is 5.73 Å². The zero-order chi connectivity index (χ0) is 12.2. The number of hydrogen-bond acceptors (Lipinski definition) is 1. The minimum Gasteiger partial charge on any atom is -0.328 e. The summed E-state index contributed by atoms with van der Waals surface area (Å²) in [6, 6.07) is 6.17. The van der Waals surface area contributed by atoms with Crippen molar-refractivity contribution in [3.8, 4) is 0 Å². The zero-order valence-corrected chi connectivity index (χ0v) is 10.5. The quantitative estimate of drug-likeness (QED) is 0.814. The fourth-order valence-electron chi connectivity index (χ4n) is 2.04. The normalized spacial score (nSPS) is 14.8. The van der Waals surface area contributed by atoms with Gasteiger partial charge in [0.2, 0.25) is 0 Å². The summed E-state index contributed by atoms with van der Waals surface area (Å²) in [5.74, 6) is 0. The monoisotopic (exact) mass is 223 g/mol. The molecule has 2 heteroatoms. The van der Waals surface area contributed by atoms with Gasteiger partial charge >= 0.3 is 0 Å². The van der Waals surface area contributed by atoms with Gasteiger partial charge < -0.3 is 5.73 Å². The van der Waals surface area contributed by atoms with Crippen molar-refractivity contribution < 1.29 is 4.39 Å². The van der Waals surface area contributed by atoms with Crippen LogP contribution in [0.3, 0.4) is 0 Å². The second-order valence-electron chi connectivity index (χ2n) is 4.71. The fraction of sp³-hybridized carbons (Fsp3) is 0.571. The van der Waals surface area contributed by atoms with Crippen LogP contribution in [0, 0.1) is 13.8 Å². The summed E-state index contributed by atoms with van der Waals surface area (Å²) in [5, 5.41) is 0. The van der Waals surface area contributed by atoms with Crippen LogP contribution in [0.5, 0.6) is 0 Å². The first-order chi connectivity index (χ1) is 7.50. The molecule has 0 aromatic heterocycles. The molecule has 0 fully saturated rings. The molecule has 0 bridgehead atoms. The molecule has 2 N–H and O–H groups in total. The van der Waals surface area contributed by atoms with E-state index in [0.29, 0.717) is 12.8 Å². The molecule has 0 saturated carbocycles. The van der Waals surface area contributed by atoms with Gasteiger partial charge in [-0.15, -0.1) is 0 Å². The Morgan fingerprint density at radius 1 is 1.31 bits per heavy atom. The molecule has 16 heavy (non-hydrogen) atoms. The van der Waals surface area contributed by atoms with Gasteiger partial charge in [-0.3, -0.25) is 0 Å². The van der Waals surface area contributed by atoms with Crippen LogP contribution in [-0.4, -0.2) is 12.2 Å². The number of benzene rings is 1. The van der Waals surface area contributed by atoms with Crippen LogP contribution in [0.15, 0.2) is 18.2 Å². The first-order valence-corrected chi connectivity index (χ1v) is 5.96. The van der Waals surface area contributed by atoms with Gasteiger partial charge in [-0.1, -0.05) is 37.1 Å². The van der Waals surface area contributed by atoms with Gasteiger partial charge in [0.1, 0.15) is 5.67 Å². The number of hydrogen-bond donors (Lipinski definition) is 1. The average Bonchev–Trinajstić information content (AvgIpc) is 2.24. The van der Waals surface area contributed by atoms with E-state index in [-0.39, 0.29) is 6.54 Å². The summed E-state index contributed by atoms with van der Waals surface area (Å²) < 4.78 is 14.4. The fourth-order valence-corrected chi connectivity index (χ4v) is 2.04. The van der Waals surface area contributed by atoms with Gasteiger partial charge in [-0.05, 0) is 31.4 Å². The Bertz CT molecular complexity index is 349. The third-order valence-corrected chi connectivity index (χ3v) is 3.08. The highest BCUT2D eigenvalue weighted by atomic mass is 19.1. The first-order valence-electron chi connectivity index (χ1n) is 5.96. The van der Waals surface area contributed by atoms with Gasteiger partial charge in [0.05, 0.1) is 0 Å². The molecule has 1 atom stereocenters. The van der Waals surface area contributed by atoms with E-state index in [9.17, 15) is 4.39 Å². The molecule has 0 heterocycles. The Morgan fingerprint density at radius 3 is 2.56 bits per heavy atom. The van der Waals surface area contributed by atoms with Crippen molar-refractivity contribution in [3.05, 3.63) is 34.9 Å². The summed E-state index contributed by atoms with van der Waals surface area (Å²) in [6.45, 7) is 6.16. The molecule has 0 saturated heterocycles. The Balaban J connectivity index is 2.89. The molecule has 0 amide bonds. The lowest BCUT2D eigenvalue weighted by Crippen LogP contribution is -2.35. The van der Waals surface area contributed by atoms with Crippen LogP contribution in [0.2, 0.25) is 0 Å². The maximum absolute atomic E-state index is 14.4. The topological polar surface area (TPSA) is 26.0 Å². The van der Waals surface area contributed by atoms with Crippen LogP contribution in [0.4, 0.5) is 4.39 Å². The lowest BCUT2D eigenvalue weighted by molar-refractivity contribution is 0.158. The van der Waals surface area contributed by atoms with Crippen molar-refractivity contribution in [2.24, 2.45) is 5.73 Å². The van der Waals surface area contributed by atoms with E-state index < -0.39 is 5.67 Å². The van der Waals surface area contributed by atoms with E-state index in [0.717, 1.165) is 17.5 Å². The third-order valence-electron chi connectivity index (χ3n) is 3.08. The van der Waals surface area contributed by atoms with Crippen LogP contribution in [0.25, 0.3) is 0 Å². The predicted octanol–water partition coefficient (Wildman–Crippen LogP) is 3.31. The second-order valence-corrected chi connectivity index (χ2v) is 4.71.